The van der Waals surface area contributed by atoms with E-state index in [1.54, 1.807) is 11.8 Å². The maximum Gasteiger partial charge on any atom is 0.128 e. The summed E-state index contributed by atoms with van der Waals surface area (Å²) in [4.78, 5) is 3.94. The Morgan fingerprint density at radius 3 is 2.57 bits per heavy atom. The average Bonchev–Trinajstić information content (AvgIpc) is 1.68. The van der Waals surface area contributed by atoms with Crippen molar-refractivity contribution in [3.63, 3.8) is 0 Å². The minimum atomic E-state index is 1.12. The Bertz CT molecular complexity index is 72.1. The van der Waals surface area contributed by atoms with Gasteiger partial charge in [0.2, 0.25) is 0 Å². The molecule has 0 aromatic rings. The molecule has 0 aromatic heterocycles. The largest absolute Gasteiger partial charge is 0.276 e. The molecule has 0 aliphatic heterocycles. The molecule has 0 bridgehead atoms. The zero-order valence-corrected chi connectivity index (χ0v) is 7.41. The highest BCUT2D eigenvalue weighted by Crippen LogP contribution is 2.08. The van der Waals surface area contributed by atoms with E-state index < -0.39 is 0 Å². The summed E-state index contributed by atoms with van der Waals surface area (Å²) in [6, 6.07) is 0. The van der Waals surface area contributed by atoms with Gasteiger partial charge in [-0.2, -0.15) is 0 Å². The van der Waals surface area contributed by atoms with E-state index in [1.807, 2.05) is 7.05 Å². The van der Waals surface area contributed by atoms with E-state index in [0.717, 1.165) is 8.80 Å². The first-order valence-corrected chi connectivity index (χ1v) is 4.12. The lowest BCUT2D eigenvalue weighted by atomic mass is 11.0. The number of rotatable bonds is 1. The smallest absolute Gasteiger partial charge is 0.128 e. The summed E-state index contributed by atoms with van der Waals surface area (Å²) in [6.07, 6.45) is 0. The molecule has 3 heteroatoms. The van der Waals surface area contributed by atoms with Gasteiger partial charge < -0.3 is 0 Å². The average molecular weight is 229 g/mol. The molecule has 0 N–H and O–H groups in total. The predicted octanol–water partition coefficient (Wildman–Crippen LogP) is 2.16. The molecular weight excluding hydrogens is 221 g/mol. The molecule has 0 spiro atoms. The number of hydrogen-bond donors (Lipinski definition) is 0. The van der Waals surface area contributed by atoms with Gasteiger partial charge in [0.15, 0.2) is 0 Å². The number of thioether (sulfide) groups is 1. The number of hydrogen-bond acceptors (Lipinski definition) is 2. The Kier molecular flexibility index (Phi) is 5.42. The van der Waals surface area contributed by atoms with E-state index in [1.165, 1.54) is 0 Å². The lowest BCUT2D eigenvalue weighted by Gasteiger charge is -1.87. The van der Waals surface area contributed by atoms with Gasteiger partial charge in [0.25, 0.3) is 0 Å². The predicted molar refractivity (Wildman–Crippen MR) is 45.5 cm³/mol. The van der Waals surface area contributed by atoms with Crippen molar-refractivity contribution in [3.05, 3.63) is 0 Å². The van der Waals surface area contributed by atoms with Crippen LogP contribution in [0.4, 0.5) is 0 Å². The second-order valence-corrected chi connectivity index (χ2v) is 3.92. The standard InChI is InChI=1S/C4H8INS/c1-3-7-4(5)6-2/h3H2,1-2H3. The highest BCUT2D eigenvalue weighted by Gasteiger charge is 1.84. The van der Waals surface area contributed by atoms with Crippen LogP contribution in [-0.2, 0) is 0 Å². The third-order valence-electron chi connectivity index (χ3n) is 0.439. The van der Waals surface area contributed by atoms with E-state index in [9.17, 15) is 0 Å². The minimum absolute atomic E-state index is 1.12. The fourth-order valence-electron chi connectivity index (χ4n) is 0.184. The normalized spacial score (nSPS) is 12.1. The molecule has 0 heterocycles. The number of halogens is 1. The minimum Gasteiger partial charge on any atom is -0.276 e. The first kappa shape index (κ1) is 7.75. The molecule has 0 fully saturated rings. The molecule has 42 valence electrons. The molecule has 0 radical (unpaired) electrons. The van der Waals surface area contributed by atoms with Crippen LogP contribution in [-0.4, -0.2) is 15.9 Å². The van der Waals surface area contributed by atoms with Crippen molar-refractivity contribution in [2.45, 2.75) is 6.92 Å². The lowest BCUT2D eigenvalue weighted by molar-refractivity contribution is 1.48. The molecule has 0 saturated heterocycles. The fourth-order valence-corrected chi connectivity index (χ4v) is 1.49. The molecule has 7 heavy (non-hydrogen) atoms. The fraction of sp³-hybridized carbons (Fsp3) is 0.750. The Morgan fingerprint density at radius 2 is 2.43 bits per heavy atom. The van der Waals surface area contributed by atoms with Crippen molar-refractivity contribution in [1.29, 1.82) is 0 Å². The van der Waals surface area contributed by atoms with Crippen molar-refractivity contribution in [2.24, 2.45) is 4.99 Å². The molecule has 0 rings (SSSR count). The molecule has 0 atom stereocenters. The van der Waals surface area contributed by atoms with Crippen molar-refractivity contribution >= 4 is 37.4 Å². The SMILES string of the molecule is CCSC(I)=NC. The summed E-state index contributed by atoms with van der Waals surface area (Å²) >= 11 is 3.99. The van der Waals surface area contributed by atoms with Crippen molar-refractivity contribution in [3.8, 4) is 0 Å². The topological polar surface area (TPSA) is 12.4 Å². The van der Waals surface area contributed by atoms with Crippen LogP contribution in [0.5, 0.6) is 0 Å². The highest BCUT2D eigenvalue weighted by atomic mass is 127. The molecule has 0 aromatic carbocycles. The van der Waals surface area contributed by atoms with Crippen LogP contribution in [0.2, 0.25) is 0 Å². The number of nitrogens with zero attached hydrogens (tertiary/aromatic N) is 1. The van der Waals surface area contributed by atoms with E-state index in [0.29, 0.717) is 0 Å². The van der Waals surface area contributed by atoms with Crippen LogP contribution in [0, 0.1) is 0 Å². The van der Waals surface area contributed by atoms with Gasteiger partial charge in [-0.15, -0.1) is 11.8 Å². The van der Waals surface area contributed by atoms with Gasteiger partial charge in [-0.1, -0.05) is 6.92 Å². The first-order chi connectivity index (χ1) is 3.31. The lowest BCUT2D eigenvalue weighted by Crippen LogP contribution is -1.75. The molecule has 1 nitrogen and oxygen atoms in total. The Balaban J connectivity index is 3.17. The van der Waals surface area contributed by atoms with Crippen LogP contribution in [0.15, 0.2) is 4.99 Å². The summed E-state index contributed by atoms with van der Waals surface area (Å²) in [6.45, 7) is 2.12. The maximum atomic E-state index is 3.94. The first-order valence-electron chi connectivity index (χ1n) is 2.06. The Labute approximate surface area is 62.1 Å². The van der Waals surface area contributed by atoms with Crippen LogP contribution >= 0.6 is 34.4 Å². The highest BCUT2D eigenvalue weighted by molar-refractivity contribution is 14.1. The van der Waals surface area contributed by atoms with Crippen LogP contribution in [0.3, 0.4) is 0 Å². The molecule has 0 aliphatic rings. The quantitative estimate of drug-likeness (QED) is 0.381. The second-order valence-electron chi connectivity index (χ2n) is 0.910. The molecule has 0 unspecified atom stereocenters. The van der Waals surface area contributed by atoms with Crippen molar-refractivity contribution in [2.75, 3.05) is 12.8 Å². The van der Waals surface area contributed by atoms with Gasteiger partial charge in [-0.3, -0.25) is 4.99 Å². The maximum absolute atomic E-state index is 3.94. The summed E-state index contributed by atoms with van der Waals surface area (Å²) in [5, 5.41) is 0. The molecule has 0 saturated carbocycles. The molecule has 0 amide bonds. The van der Waals surface area contributed by atoms with Crippen molar-refractivity contribution < 1.29 is 0 Å². The third kappa shape index (κ3) is 4.61. The zero-order valence-electron chi connectivity index (χ0n) is 4.44. The van der Waals surface area contributed by atoms with E-state index >= 15 is 0 Å². The van der Waals surface area contributed by atoms with E-state index in [2.05, 4.69) is 34.5 Å². The van der Waals surface area contributed by atoms with Gasteiger partial charge in [0.05, 0.1) is 0 Å². The third-order valence-corrected chi connectivity index (χ3v) is 2.57. The van der Waals surface area contributed by atoms with Crippen molar-refractivity contribution in [1.82, 2.24) is 0 Å². The molecular formula is C4H8INS. The van der Waals surface area contributed by atoms with Gasteiger partial charge >= 0.3 is 0 Å². The zero-order chi connectivity index (χ0) is 5.70. The summed E-state index contributed by atoms with van der Waals surface area (Å²) in [5.74, 6) is 1.12. The molecule has 0 aliphatic carbocycles. The van der Waals surface area contributed by atoms with Gasteiger partial charge in [0.1, 0.15) is 3.05 Å². The van der Waals surface area contributed by atoms with E-state index in [-0.39, 0.29) is 0 Å². The second kappa shape index (κ2) is 4.90. The Morgan fingerprint density at radius 1 is 1.86 bits per heavy atom. The van der Waals surface area contributed by atoms with Gasteiger partial charge in [-0.25, -0.2) is 0 Å². The van der Waals surface area contributed by atoms with Crippen LogP contribution in [0.1, 0.15) is 6.92 Å². The summed E-state index contributed by atoms with van der Waals surface area (Å²) in [7, 11) is 1.81. The number of aliphatic imine (C=N–C) groups is 1. The van der Waals surface area contributed by atoms with Gasteiger partial charge in [-0.05, 0) is 28.3 Å². The summed E-state index contributed by atoms with van der Waals surface area (Å²) in [5.41, 5.74) is 0. The Hall–Kier alpha value is 0.750. The summed E-state index contributed by atoms with van der Waals surface area (Å²) < 4.78 is 1.14. The van der Waals surface area contributed by atoms with Crippen LogP contribution < -0.4 is 0 Å². The van der Waals surface area contributed by atoms with Gasteiger partial charge in [0, 0.05) is 7.05 Å². The van der Waals surface area contributed by atoms with E-state index in [4.69, 9.17) is 0 Å². The van der Waals surface area contributed by atoms with Crippen LogP contribution in [0.25, 0.3) is 0 Å². The monoisotopic (exact) mass is 229 g/mol.